The standard InChI is InChI=1S/C27H25F2NO7S2/c1-26(2,3)37-25(32)30-22-15-14-18(28)16-21(22)27(29,24(30)31)17-23(38(33,34)19-10-6-4-7-11-19)39(35,36)20-12-8-5-9-13-20/h4-16,23H,17H2,1-3H3/t27-/m0/s1. The zero-order valence-corrected chi connectivity index (χ0v) is 22.8. The van der Waals surface area contributed by atoms with Crippen LogP contribution < -0.4 is 4.90 Å². The molecule has 0 aliphatic carbocycles. The van der Waals surface area contributed by atoms with Crippen molar-refractivity contribution in [1.82, 2.24) is 0 Å². The lowest BCUT2D eigenvalue weighted by Gasteiger charge is -2.27. The molecule has 1 atom stereocenters. The highest BCUT2D eigenvalue weighted by Crippen LogP contribution is 2.49. The molecule has 12 heteroatoms. The van der Waals surface area contributed by atoms with Crippen LogP contribution in [0.25, 0.3) is 0 Å². The van der Waals surface area contributed by atoms with Crippen LogP contribution >= 0.6 is 0 Å². The molecule has 8 nitrogen and oxygen atoms in total. The highest BCUT2D eigenvalue weighted by molar-refractivity contribution is 8.09. The van der Waals surface area contributed by atoms with Gasteiger partial charge in [0.15, 0.2) is 24.3 Å². The van der Waals surface area contributed by atoms with E-state index < -0.39 is 75.1 Å². The molecule has 3 aromatic rings. The minimum atomic E-state index is -4.84. The van der Waals surface area contributed by atoms with Crippen molar-refractivity contribution in [3.05, 3.63) is 90.2 Å². The first kappa shape index (κ1) is 28.4. The van der Waals surface area contributed by atoms with Gasteiger partial charge in [0.2, 0.25) is 5.67 Å². The number of ether oxygens (including phenoxy) is 1. The number of rotatable bonds is 6. The fraction of sp³-hybridized carbons (Fsp3) is 0.259. The van der Waals surface area contributed by atoms with Gasteiger partial charge in [-0.3, -0.25) is 4.79 Å². The van der Waals surface area contributed by atoms with Crippen LogP contribution in [0.2, 0.25) is 0 Å². The van der Waals surface area contributed by atoms with Crippen LogP contribution in [0.15, 0.2) is 88.7 Å². The van der Waals surface area contributed by atoms with Gasteiger partial charge in [-0.15, -0.1) is 0 Å². The van der Waals surface area contributed by atoms with Gasteiger partial charge in [-0.2, -0.15) is 0 Å². The highest BCUT2D eigenvalue weighted by Gasteiger charge is 2.59. The molecule has 39 heavy (non-hydrogen) atoms. The molecule has 0 saturated heterocycles. The Kier molecular flexibility index (Phi) is 7.15. The zero-order chi connectivity index (χ0) is 28.8. The van der Waals surface area contributed by atoms with Gasteiger partial charge in [-0.25, -0.2) is 35.3 Å². The number of hydrogen-bond donors (Lipinski definition) is 0. The molecule has 0 fully saturated rings. The predicted octanol–water partition coefficient (Wildman–Crippen LogP) is 4.94. The Labute approximate surface area is 225 Å². The number of nitrogens with zero attached hydrogens (tertiary/aromatic N) is 1. The first-order valence-electron chi connectivity index (χ1n) is 11.7. The second-order valence-corrected chi connectivity index (χ2v) is 14.5. The summed E-state index contributed by atoms with van der Waals surface area (Å²) in [5, 5.41) is 0. The zero-order valence-electron chi connectivity index (χ0n) is 21.2. The smallest absolute Gasteiger partial charge is 0.421 e. The number of amides is 2. The number of anilines is 1. The molecule has 0 saturated carbocycles. The predicted molar refractivity (Wildman–Crippen MR) is 139 cm³/mol. The van der Waals surface area contributed by atoms with E-state index in [1.807, 2.05) is 0 Å². The lowest BCUT2D eigenvalue weighted by atomic mass is 9.94. The van der Waals surface area contributed by atoms with Crippen molar-refractivity contribution in [3.63, 3.8) is 0 Å². The third-order valence-electron chi connectivity index (χ3n) is 6.03. The number of alkyl halides is 1. The molecule has 3 aromatic carbocycles. The topological polar surface area (TPSA) is 115 Å². The van der Waals surface area contributed by atoms with Crippen molar-refractivity contribution in [2.45, 2.75) is 52.8 Å². The van der Waals surface area contributed by atoms with Crippen LogP contribution in [0.3, 0.4) is 0 Å². The Bertz CT molecular complexity index is 1570. The first-order chi connectivity index (χ1) is 18.1. The molecule has 0 aromatic heterocycles. The van der Waals surface area contributed by atoms with Crippen LogP contribution in [-0.2, 0) is 34.9 Å². The number of benzene rings is 3. The van der Waals surface area contributed by atoms with Gasteiger partial charge >= 0.3 is 6.09 Å². The monoisotopic (exact) mass is 577 g/mol. The maximum atomic E-state index is 17.0. The van der Waals surface area contributed by atoms with Crippen LogP contribution in [0.5, 0.6) is 0 Å². The van der Waals surface area contributed by atoms with Gasteiger partial charge in [-0.1, -0.05) is 36.4 Å². The van der Waals surface area contributed by atoms with Gasteiger partial charge in [-0.05, 0) is 63.2 Å². The Morgan fingerprint density at radius 1 is 0.897 bits per heavy atom. The molecule has 206 valence electrons. The highest BCUT2D eigenvalue weighted by atomic mass is 32.3. The fourth-order valence-electron chi connectivity index (χ4n) is 4.25. The Hall–Kier alpha value is -3.64. The summed E-state index contributed by atoms with van der Waals surface area (Å²) in [5.74, 6) is -2.57. The summed E-state index contributed by atoms with van der Waals surface area (Å²) in [6.07, 6.45) is -2.73. The summed E-state index contributed by atoms with van der Waals surface area (Å²) in [6.45, 7) is 4.53. The van der Waals surface area contributed by atoms with Crippen molar-refractivity contribution in [2.75, 3.05) is 4.90 Å². The number of imide groups is 1. The van der Waals surface area contributed by atoms with Gasteiger partial charge in [0.05, 0.1) is 15.5 Å². The molecular weight excluding hydrogens is 552 g/mol. The quantitative estimate of drug-likeness (QED) is 0.408. The molecule has 0 bridgehead atoms. The van der Waals surface area contributed by atoms with Crippen LogP contribution in [0.4, 0.5) is 19.3 Å². The SMILES string of the molecule is CC(C)(C)OC(=O)N1C(=O)[C@](F)(CC(S(=O)(=O)c2ccccc2)S(=O)(=O)c2ccccc2)c2cc(F)ccc21. The average molecular weight is 578 g/mol. The van der Waals surface area contributed by atoms with E-state index >= 15 is 4.39 Å². The van der Waals surface area contributed by atoms with E-state index in [2.05, 4.69) is 0 Å². The molecule has 0 radical (unpaired) electrons. The van der Waals surface area contributed by atoms with E-state index in [1.165, 1.54) is 57.2 Å². The third-order valence-corrected chi connectivity index (χ3v) is 11.1. The Balaban J connectivity index is 1.91. The van der Waals surface area contributed by atoms with E-state index in [9.17, 15) is 30.8 Å². The van der Waals surface area contributed by atoms with E-state index in [0.717, 1.165) is 36.4 Å². The normalized spacial score (nSPS) is 17.8. The summed E-state index contributed by atoms with van der Waals surface area (Å²) in [7, 11) is -9.69. The van der Waals surface area contributed by atoms with Crippen molar-refractivity contribution >= 4 is 37.4 Å². The Morgan fingerprint density at radius 2 is 1.38 bits per heavy atom. The molecule has 1 aliphatic rings. The van der Waals surface area contributed by atoms with E-state index in [4.69, 9.17) is 4.74 Å². The summed E-state index contributed by atoms with van der Waals surface area (Å²) in [5.41, 5.74) is -5.58. The minimum Gasteiger partial charge on any atom is -0.443 e. The number of halogens is 2. The molecule has 2 amide bonds. The average Bonchev–Trinajstić information content (AvgIpc) is 3.08. The van der Waals surface area contributed by atoms with Crippen LogP contribution in [-0.4, -0.2) is 39.0 Å². The minimum absolute atomic E-state index is 0.335. The number of sulfone groups is 2. The van der Waals surface area contributed by atoms with Gasteiger partial charge in [0.1, 0.15) is 11.4 Å². The second-order valence-electron chi connectivity index (χ2n) is 9.93. The molecular formula is C27H25F2NO7S2. The summed E-state index contributed by atoms with van der Waals surface area (Å²) >= 11 is 0. The lowest BCUT2D eigenvalue weighted by molar-refractivity contribution is -0.129. The largest absolute Gasteiger partial charge is 0.443 e. The van der Waals surface area contributed by atoms with Crippen molar-refractivity contribution in [3.8, 4) is 0 Å². The van der Waals surface area contributed by atoms with E-state index in [1.54, 1.807) is 0 Å². The molecule has 1 heterocycles. The van der Waals surface area contributed by atoms with Crippen molar-refractivity contribution in [1.29, 1.82) is 0 Å². The molecule has 4 rings (SSSR count). The molecule has 0 unspecified atom stereocenters. The summed E-state index contributed by atoms with van der Waals surface area (Å²) in [6, 6.07) is 15.5. The maximum absolute atomic E-state index is 17.0. The molecule has 1 aliphatic heterocycles. The maximum Gasteiger partial charge on any atom is 0.421 e. The molecule has 0 spiro atoms. The Morgan fingerprint density at radius 3 is 1.85 bits per heavy atom. The first-order valence-corrected chi connectivity index (χ1v) is 14.8. The van der Waals surface area contributed by atoms with Crippen LogP contribution in [0.1, 0.15) is 32.8 Å². The third kappa shape index (κ3) is 5.18. The second kappa shape index (κ2) is 9.83. The summed E-state index contributed by atoms with van der Waals surface area (Å²) in [4.78, 5) is 25.9. The number of carbonyl (C=O) groups is 2. The van der Waals surface area contributed by atoms with Crippen molar-refractivity contribution < 1.29 is 39.9 Å². The van der Waals surface area contributed by atoms with Gasteiger partial charge in [0.25, 0.3) is 5.91 Å². The number of carbonyl (C=O) groups excluding carboxylic acids is 2. The van der Waals surface area contributed by atoms with Gasteiger partial charge < -0.3 is 4.74 Å². The fourth-order valence-corrected chi connectivity index (χ4v) is 8.83. The van der Waals surface area contributed by atoms with E-state index in [0.29, 0.717) is 11.0 Å². The van der Waals surface area contributed by atoms with Gasteiger partial charge in [0, 0.05) is 12.0 Å². The number of hydrogen-bond acceptors (Lipinski definition) is 7. The van der Waals surface area contributed by atoms with E-state index in [-0.39, 0.29) is 5.69 Å². The van der Waals surface area contributed by atoms with Crippen molar-refractivity contribution in [2.24, 2.45) is 0 Å². The number of fused-ring (bicyclic) bond motifs is 1. The molecule has 0 N–H and O–H groups in total. The lowest BCUT2D eigenvalue weighted by Crippen LogP contribution is -2.46. The van der Waals surface area contributed by atoms with Crippen LogP contribution in [0, 0.1) is 5.82 Å². The summed E-state index contributed by atoms with van der Waals surface area (Å²) < 4.78 is 88.9.